The Morgan fingerprint density at radius 1 is 0.841 bits per heavy atom. The summed E-state index contributed by atoms with van der Waals surface area (Å²) >= 11 is 7.17. The van der Waals surface area contributed by atoms with E-state index >= 15 is 0 Å². The van der Waals surface area contributed by atoms with Crippen molar-refractivity contribution in [3.63, 3.8) is 0 Å². The van der Waals surface area contributed by atoms with E-state index < -0.39 is 0 Å². The zero-order valence-electron chi connectivity index (χ0n) is 28.5. The van der Waals surface area contributed by atoms with Crippen molar-refractivity contribution in [3.8, 4) is 0 Å². The first-order valence-corrected chi connectivity index (χ1v) is 17.0. The lowest BCUT2D eigenvalue weighted by Crippen LogP contribution is -2.28. The third-order valence-corrected chi connectivity index (χ3v) is 9.90. The molecule has 2 aromatic rings. The van der Waals surface area contributed by atoms with Crippen LogP contribution in [0, 0.1) is 0 Å². The van der Waals surface area contributed by atoms with Crippen LogP contribution in [-0.2, 0) is 15.6 Å². The second-order valence-corrected chi connectivity index (χ2v) is 13.7. The molecule has 3 aliphatic rings. The SMILES string of the molecule is CCCCN1/C(=C/C=C2\CCCC(/C=C/C3=[N+](CCCC)c4ccccc4C3(C)C)=C2Cl)C(C)(C)c2ccccc21.COC. The maximum Gasteiger partial charge on any atom is 0.209 e. The molecule has 0 bridgehead atoms. The van der Waals surface area contributed by atoms with Gasteiger partial charge in [-0.1, -0.05) is 101 Å². The number of allylic oxidation sites excluding steroid dienone is 8. The number of anilines is 1. The van der Waals surface area contributed by atoms with Crippen molar-refractivity contribution in [1.82, 2.24) is 0 Å². The molecule has 0 N–H and O–H groups in total. The van der Waals surface area contributed by atoms with E-state index in [1.807, 2.05) is 0 Å². The Bertz CT molecular complexity index is 1470. The molecular formula is C40H54ClN2O+. The Kier molecular flexibility index (Phi) is 11.5. The van der Waals surface area contributed by atoms with E-state index in [4.69, 9.17) is 11.6 Å². The van der Waals surface area contributed by atoms with E-state index in [9.17, 15) is 0 Å². The van der Waals surface area contributed by atoms with Gasteiger partial charge < -0.3 is 9.64 Å². The Balaban J connectivity index is 0.00000141. The van der Waals surface area contributed by atoms with Crippen LogP contribution in [0.2, 0.25) is 0 Å². The Morgan fingerprint density at radius 3 is 2.20 bits per heavy atom. The molecule has 44 heavy (non-hydrogen) atoms. The number of methoxy groups -OCH3 is 1. The molecule has 0 amide bonds. The van der Waals surface area contributed by atoms with Crippen molar-refractivity contribution < 1.29 is 9.31 Å². The summed E-state index contributed by atoms with van der Waals surface area (Å²) in [5.41, 5.74) is 10.7. The minimum atomic E-state index is -0.0311. The highest BCUT2D eigenvalue weighted by Gasteiger charge is 2.44. The first kappa shape index (κ1) is 34.0. The molecule has 2 aliphatic heterocycles. The average Bonchev–Trinajstić information content (AvgIpc) is 3.36. The van der Waals surface area contributed by atoms with E-state index in [1.54, 1.807) is 14.2 Å². The lowest BCUT2D eigenvalue weighted by atomic mass is 9.81. The van der Waals surface area contributed by atoms with Crippen LogP contribution in [0.15, 0.2) is 94.7 Å². The third kappa shape index (κ3) is 6.85. The van der Waals surface area contributed by atoms with Crippen LogP contribution in [0.5, 0.6) is 0 Å². The molecule has 0 atom stereocenters. The van der Waals surface area contributed by atoms with Crippen molar-refractivity contribution in [2.75, 3.05) is 32.2 Å². The van der Waals surface area contributed by atoms with Gasteiger partial charge in [-0.2, -0.15) is 4.58 Å². The van der Waals surface area contributed by atoms with E-state index in [0.717, 1.165) is 37.4 Å². The topological polar surface area (TPSA) is 15.5 Å². The summed E-state index contributed by atoms with van der Waals surface area (Å²) in [4.78, 5) is 2.54. The summed E-state index contributed by atoms with van der Waals surface area (Å²) in [7, 11) is 3.25. The molecule has 4 heteroatoms. The van der Waals surface area contributed by atoms with E-state index in [-0.39, 0.29) is 10.8 Å². The summed E-state index contributed by atoms with van der Waals surface area (Å²) in [6.45, 7) is 16.1. The zero-order chi connectivity index (χ0) is 31.9. The summed E-state index contributed by atoms with van der Waals surface area (Å²) in [6, 6.07) is 17.8. The highest BCUT2D eigenvalue weighted by Crippen LogP contribution is 2.48. The van der Waals surface area contributed by atoms with E-state index in [1.165, 1.54) is 70.7 Å². The fraction of sp³-hybridized carbons (Fsp3) is 0.475. The predicted octanol–water partition coefficient (Wildman–Crippen LogP) is 10.8. The van der Waals surface area contributed by atoms with Crippen LogP contribution >= 0.6 is 11.6 Å². The fourth-order valence-corrected chi connectivity index (χ4v) is 7.28. The highest BCUT2D eigenvalue weighted by molar-refractivity contribution is 6.32. The molecule has 0 saturated heterocycles. The number of unbranched alkanes of at least 4 members (excludes halogenated alkanes) is 2. The number of hydrogen-bond donors (Lipinski definition) is 0. The molecule has 0 saturated carbocycles. The number of ether oxygens (including phenoxy) is 1. The van der Waals surface area contributed by atoms with Gasteiger partial charge in [0.1, 0.15) is 6.54 Å². The van der Waals surface area contributed by atoms with Gasteiger partial charge in [-0.15, -0.1) is 0 Å². The van der Waals surface area contributed by atoms with Gasteiger partial charge in [-0.3, -0.25) is 0 Å². The number of nitrogens with zero attached hydrogens (tertiary/aromatic N) is 2. The standard InChI is InChI=1S/C38H48ClN2.C2H6O/c1-7-9-26-40-32-20-13-11-18-30(32)37(3,4)34(40)24-22-28-16-15-17-29(36(28)39)23-25-35-38(5,6)31-19-12-14-21-33(31)41(35)27-10-8-2;1-3-2/h11-14,18-25H,7-10,15-17,26-27H2,1-6H3;1-2H3/q+1;. The Labute approximate surface area is 272 Å². The average molecular weight is 614 g/mol. The molecule has 2 aromatic carbocycles. The first-order chi connectivity index (χ1) is 21.1. The fourth-order valence-electron chi connectivity index (χ4n) is 6.96. The Morgan fingerprint density at radius 2 is 1.50 bits per heavy atom. The maximum absolute atomic E-state index is 7.17. The highest BCUT2D eigenvalue weighted by atomic mass is 35.5. The summed E-state index contributed by atoms with van der Waals surface area (Å²) in [5.74, 6) is 0. The van der Waals surface area contributed by atoms with Crippen LogP contribution < -0.4 is 4.90 Å². The third-order valence-electron chi connectivity index (χ3n) is 9.41. The van der Waals surface area contributed by atoms with Gasteiger partial charge >= 0.3 is 0 Å². The van der Waals surface area contributed by atoms with Crippen LogP contribution in [0.4, 0.5) is 11.4 Å². The van der Waals surface area contributed by atoms with Gasteiger partial charge in [-0.05, 0) is 68.4 Å². The molecule has 2 heterocycles. The number of fused-ring (bicyclic) bond motifs is 2. The van der Waals surface area contributed by atoms with Crippen molar-refractivity contribution in [3.05, 3.63) is 106 Å². The van der Waals surface area contributed by atoms with Gasteiger partial charge in [-0.25, -0.2) is 0 Å². The normalized spacial score (nSPS) is 20.4. The lowest BCUT2D eigenvalue weighted by Gasteiger charge is -2.27. The number of hydrogen-bond acceptors (Lipinski definition) is 2. The summed E-state index contributed by atoms with van der Waals surface area (Å²) in [5, 5.41) is 0.937. The summed E-state index contributed by atoms with van der Waals surface area (Å²) in [6.07, 6.45) is 17.3. The maximum atomic E-state index is 7.17. The van der Waals surface area contributed by atoms with E-state index in [2.05, 4.69) is 129 Å². The van der Waals surface area contributed by atoms with Crippen LogP contribution in [0.25, 0.3) is 0 Å². The van der Waals surface area contributed by atoms with Crippen LogP contribution in [0.3, 0.4) is 0 Å². The lowest BCUT2D eigenvalue weighted by molar-refractivity contribution is -0.438. The van der Waals surface area contributed by atoms with Crippen molar-refractivity contribution >= 4 is 28.7 Å². The minimum Gasteiger partial charge on any atom is -0.388 e. The van der Waals surface area contributed by atoms with Crippen LogP contribution in [0.1, 0.15) is 97.6 Å². The number of halogens is 1. The first-order valence-electron chi connectivity index (χ1n) is 16.6. The zero-order valence-corrected chi connectivity index (χ0v) is 29.2. The van der Waals surface area contributed by atoms with Gasteiger partial charge in [0.05, 0.1) is 5.41 Å². The Hall–Kier alpha value is -2.88. The van der Waals surface area contributed by atoms with Crippen molar-refractivity contribution in [2.45, 2.75) is 97.3 Å². The molecule has 3 nitrogen and oxygen atoms in total. The quantitative estimate of drug-likeness (QED) is 0.261. The molecule has 1 aliphatic carbocycles. The molecule has 0 radical (unpaired) electrons. The van der Waals surface area contributed by atoms with Gasteiger partial charge in [0, 0.05) is 66.7 Å². The number of benzene rings is 2. The number of rotatable bonds is 9. The monoisotopic (exact) mass is 613 g/mol. The molecule has 0 unspecified atom stereocenters. The molecular weight excluding hydrogens is 560 g/mol. The van der Waals surface area contributed by atoms with Gasteiger partial charge in [0.15, 0.2) is 5.71 Å². The summed E-state index contributed by atoms with van der Waals surface area (Å²) < 4.78 is 6.79. The van der Waals surface area contributed by atoms with Crippen LogP contribution in [-0.4, -0.2) is 37.6 Å². The molecule has 0 spiro atoms. The van der Waals surface area contributed by atoms with Crippen molar-refractivity contribution in [1.29, 1.82) is 0 Å². The largest absolute Gasteiger partial charge is 0.388 e. The predicted molar refractivity (Wildman–Crippen MR) is 191 cm³/mol. The second kappa shape index (κ2) is 14.9. The smallest absolute Gasteiger partial charge is 0.209 e. The minimum absolute atomic E-state index is 0.0311. The van der Waals surface area contributed by atoms with E-state index in [0.29, 0.717) is 0 Å². The van der Waals surface area contributed by atoms with Gasteiger partial charge in [0.25, 0.3) is 0 Å². The molecule has 0 fully saturated rings. The van der Waals surface area contributed by atoms with Crippen molar-refractivity contribution in [2.24, 2.45) is 0 Å². The number of para-hydroxylation sites is 2. The molecule has 236 valence electrons. The molecule has 5 rings (SSSR count). The van der Waals surface area contributed by atoms with Gasteiger partial charge in [0.2, 0.25) is 5.69 Å². The second-order valence-electron chi connectivity index (χ2n) is 13.4. The molecule has 0 aromatic heterocycles.